The first-order valence-electron chi connectivity index (χ1n) is 10.6. The number of carbonyl (C=O) groups excluding carboxylic acids is 1. The molecular weight excluding hydrogens is 408 g/mol. The van der Waals surface area contributed by atoms with Crippen molar-refractivity contribution in [2.45, 2.75) is 68.8 Å². The Hall–Kier alpha value is -1.96. The van der Waals surface area contributed by atoms with Crippen molar-refractivity contribution in [2.75, 3.05) is 26.2 Å². The summed E-state index contributed by atoms with van der Waals surface area (Å²) in [6.07, 6.45) is 0.796. The number of ether oxygens (including phenoxy) is 2. The Morgan fingerprint density at radius 1 is 1.39 bits per heavy atom. The number of carbonyl (C=O) groups is 1. The lowest BCUT2D eigenvalue weighted by Gasteiger charge is -2.40. The third-order valence-corrected chi connectivity index (χ3v) is 5.18. The molecule has 31 heavy (non-hydrogen) atoms. The Labute approximate surface area is 181 Å². The Kier molecular flexibility index (Phi) is 10.4. The molecule has 0 aromatic rings. The minimum atomic E-state index is -1.26. The van der Waals surface area contributed by atoms with Gasteiger partial charge in [-0.25, -0.2) is 0 Å². The number of hydrogen-bond acceptors (Lipinski definition) is 9. The van der Waals surface area contributed by atoms with Crippen LogP contribution in [-0.4, -0.2) is 90.1 Å². The van der Waals surface area contributed by atoms with Crippen LogP contribution in [0, 0.1) is 0 Å². The average Bonchev–Trinajstić information content (AvgIpc) is 2.71. The van der Waals surface area contributed by atoms with Crippen LogP contribution in [-0.2, 0) is 14.3 Å². The van der Waals surface area contributed by atoms with Gasteiger partial charge in [-0.2, -0.15) is 0 Å². The highest BCUT2D eigenvalue weighted by Crippen LogP contribution is 2.26. The summed E-state index contributed by atoms with van der Waals surface area (Å²) in [5, 5.41) is 35.1. The van der Waals surface area contributed by atoms with Crippen LogP contribution in [0.4, 0.5) is 0 Å². The minimum Gasteiger partial charge on any atom is -0.468 e. The van der Waals surface area contributed by atoms with Crippen LogP contribution in [0.3, 0.4) is 0 Å². The van der Waals surface area contributed by atoms with Gasteiger partial charge in [-0.05, 0) is 25.3 Å². The topological polar surface area (TPSA) is 211 Å². The number of amides is 1. The lowest BCUT2D eigenvalue weighted by Crippen LogP contribution is -2.57. The molecule has 0 bridgehead atoms. The summed E-state index contributed by atoms with van der Waals surface area (Å²) in [5.41, 5.74) is 16.7. The summed E-state index contributed by atoms with van der Waals surface area (Å²) < 4.78 is 11.8. The highest BCUT2D eigenvalue weighted by atomic mass is 16.7. The van der Waals surface area contributed by atoms with Gasteiger partial charge >= 0.3 is 0 Å². The molecular formula is C19H36N6O6. The molecule has 0 aromatic heterocycles. The third kappa shape index (κ3) is 8.59. The molecule has 0 aromatic carbocycles. The van der Waals surface area contributed by atoms with E-state index in [0.29, 0.717) is 25.9 Å². The summed E-state index contributed by atoms with van der Waals surface area (Å²) in [5.74, 6) is 0.0600. The van der Waals surface area contributed by atoms with Crippen LogP contribution in [0.2, 0.25) is 0 Å². The maximum Gasteiger partial charge on any atom is 0.249 e. The van der Waals surface area contributed by atoms with E-state index in [1.165, 1.54) is 0 Å². The van der Waals surface area contributed by atoms with Crippen LogP contribution < -0.4 is 27.8 Å². The maximum atomic E-state index is 12.2. The van der Waals surface area contributed by atoms with E-state index < -0.39 is 36.6 Å². The zero-order valence-corrected chi connectivity index (χ0v) is 17.7. The van der Waals surface area contributed by atoms with Crippen molar-refractivity contribution in [2.24, 2.45) is 22.2 Å². The van der Waals surface area contributed by atoms with Crippen molar-refractivity contribution in [3.05, 3.63) is 11.8 Å². The van der Waals surface area contributed by atoms with E-state index in [-0.39, 0.29) is 38.0 Å². The number of rotatable bonds is 11. The van der Waals surface area contributed by atoms with Crippen molar-refractivity contribution >= 4 is 11.9 Å². The molecule has 1 aliphatic carbocycles. The fourth-order valence-electron chi connectivity index (χ4n) is 3.66. The summed E-state index contributed by atoms with van der Waals surface area (Å²) in [6.45, 7) is 1.13. The molecule has 12 nitrogen and oxygen atoms in total. The number of aliphatic hydroxyl groups is 3. The molecule has 2 rings (SSSR count). The van der Waals surface area contributed by atoms with E-state index in [9.17, 15) is 15.0 Å². The lowest BCUT2D eigenvalue weighted by atomic mass is 9.86. The standard InChI is InChI=1S/C19H36N6O6/c20-13-8-11(25-18(29)14(27)4-5-24-19(21)22)9-15(28)17(13)31-16-3-1-2-12(30-16)10-23-6-7-26/h2,11,13-17,23,26-28H,1,3-10,20H2,(H,25,29)(H4,21,22,24)/t11?,13?,14?,15?,16-,17-/m1/s1. The van der Waals surface area contributed by atoms with Crippen molar-refractivity contribution in [3.8, 4) is 0 Å². The molecule has 1 heterocycles. The van der Waals surface area contributed by atoms with Crippen molar-refractivity contribution < 1.29 is 29.6 Å². The molecule has 0 spiro atoms. The maximum absolute atomic E-state index is 12.2. The quantitative estimate of drug-likeness (QED) is 0.0917. The molecule has 1 saturated carbocycles. The number of nitrogens with zero attached hydrogens (tertiary/aromatic N) is 1. The van der Waals surface area contributed by atoms with E-state index in [2.05, 4.69) is 15.6 Å². The van der Waals surface area contributed by atoms with Gasteiger partial charge in [0.25, 0.3) is 0 Å². The van der Waals surface area contributed by atoms with Gasteiger partial charge in [0, 0.05) is 38.0 Å². The number of hydrogen-bond donors (Lipinski definition) is 8. The summed E-state index contributed by atoms with van der Waals surface area (Å²) in [7, 11) is 0. The van der Waals surface area contributed by atoms with Crippen molar-refractivity contribution in [1.82, 2.24) is 10.6 Å². The second-order valence-electron chi connectivity index (χ2n) is 7.82. The number of nitrogens with two attached hydrogens (primary N) is 3. The summed E-state index contributed by atoms with van der Waals surface area (Å²) in [6, 6.07) is -0.904. The smallest absolute Gasteiger partial charge is 0.249 e. The van der Waals surface area contributed by atoms with Gasteiger partial charge in [-0.1, -0.05) is 0 Å². The van der Waals surface area contributed by atoms with Gasteiger partial charge in [-0.3, -0.25) is 9.79 Å². The normalized spacial score (nSPS) is 29.4. The fraction of sp³-hybridized carbons (Fsp3) is 0.789. The van der Waals surface area contributed by atoms with E-state index in [1.807, 2.05) is 6.08 Å². The molecule has 4 unspecified atom stereocenters. The number of aliphatic hydroxyl groups excluding tert-OH is 3. The molecule has 6 atom stereocenters. The number of guanidine groups is 1. The van der Waals surface area contributed by atoms with E-state index in [4.69, 9.17) is 31.8 Å². The van der Waals surface area contributed by atoms with Crippen LogP contribution in [0.25, 0.3) is 0 Å². The second-order valence-corrected chi connectivity index (χ2v) is 7.82. The predicted molar refractivity (Wildman–Crippen MR) is 113 cm³/mol. The van der Waals surface area contributed by atoms with Crippen molar-refractivity contribution in [1.29, 1.82) is 0 Å². The molecule has 178 valence electrons. The van der Waals surface area contributed by atoms with Crippen LogP contribution in [0.5, 0.6) is 0 Å². The number of allylic oxidation sites excluding steroid dienone is 1. The Balaban J connectivity index is 1.79. The van der Waals surface area contributed by atoms with E-state index >= 15 is 0 Å². The molecule has 0 radical (unpaired) electrons. The highest BCUT2D eigenvalue weighted by molar-refractivity contribution is 5.81. The van der Waals surface area contributed by atoms with E-state index in [1.54, 1.807) is 0 Å². The molecule has 0 saturated heterocycles. The summed E-state index contributed by atoms with van der Waals surface area (Å²) >= 11 is 0. The molecule has 2 aliphatic rings. The molecule has 1 aliphatic heterocycles. The van der Waals surface area contributed by atoms with Crippen LogP contribution >= 0.6 is 0 Å². The molecule has 12 heteroatoms. The van der Waals surface area contributed by atoms with Crippen molar-refractivity contribution in [3.63, 3.8) is 0 Å². The van der Waals surface area contributed by atoms with E-state index in [0.717, 1.165) is 12.2 Å². The van der Waals surface area contributed by atoms with Gasteiger partial charge in [0.1, 0.15) is 18.0 Å². The zero-order valence-electron chi connectivity index (χ0n) is 17.7. The average molecular weight is 445 g/mol. The third-order valence-electron chi connectivity index (χ3n) is 5.18. The van der Waals surface area contributed by atoms with Crippen LogP contribution in [0.1, 0.15) is 32.1 Å². The van der Waals surface area contributed by atoms with Gasteiger partial charge in [0.2, 0.25) is 5.91 Å². The first kappa shape index (κ1) is 25.3. The van der Waals surface area contributed by atoms with Crippen LogP contribution in [0.15, 0.2) is 16.8 Å². The second kappa shape index (κ2) is 12.8. The summed E-state index contributed by atoms with van der Waals surface area (Å²) in [4.78, 5) is 15.9. The minimum absolute atomic E-state index is 0.0430. The molecule has 1 amide bonds. The van der Waals surface area contributed by atoms with Gasteiger partial charge in [-0.15, -0.1) is 0 Å². The zero-order chi connectivity index (χ0) is 22.8. The number of nitrogens with one attached hydrogen (secondary N) is 2. The highest BCUT2D eigenvalue weighted by Gasteiger charge is 2.39. The lowest BCUT2D eigenvalue weighted by molar-refractivity contribution is -0.195. The molecule has 1 fully saturated rings. The first-order chi connectivity index (χ1) is 14.8. The fourth-order valence-corrected chi connectivity index (χ4v) is 3.66. The first-order valence-corrected chi connectivity index (χ1v) is 10.6. The predicted octanol–water partition coefficient (Wildman–Crippen LogP) is -3.03. The Morgan fingerprint density at radius 2 is 2.16 bits per heavy atom. The number of aliphatic imine (C=N–C) groups is 1. The Bertz CT molecular complexity index is 617. The largest absolute Gasteiger partial charge is 0.468 e. The SMILES string of the molecule is NC(N)=NCCC(O)C(=O)NC1CC(N)[C@@H](O[C@@H]2CCC=C(CNCCO)O2)C(O)C1. The monoisotopic (exact) mass is 444 g/mol. The van der Waals surface area contributed by atoms with Gasteiger partial charge in [0.15, 0.2) is 12.2 Å². The van der Waals surface area contributed by atoms with Gasteiger partial charge < -0.3 is 52.6 Å². The van der Waals surface area contributed by atoms with Gasteiger partial charge in [0.05, 0.1) is 19.3 Å². The Morgan fingerprint density at radius 3 is 2.84 bits per heavy atom. The molecule has 11 N–H and O–H groups in total.